The van der Waals surface area contributed by atoms with Crippen molar-refractivity contribution in [2.24, 2.45) is 0 Å². The number of ether oxygens (including phenoxy) is 1. The van der Waals surface area contributed by atoms with Gasteiger partial charge in [0.15, 0.2) is 11.7 Å². The highest BCUT2D eigenvalue weighted by Crippen LogP contribution is 2.26. The van der Waals surface area contributed by atoms with E-state index in [-0.39, 0.29) is 11.7 Å². The topological polar surface area (TPSA) is 64.4 Å². The number of rotatable bonds is 5. The summed E-state index contributed by atoms with van der Waals surface area (Å²) >= 11 is 0. The Labute approximate surface area is 160 Å². The molecule has 28 heavy (non-hydrogen) atoms. The van der Waals surface area contributed by atoms with E-state index < -0.39 is 6.10 Å². The lowest BCUT2D eigenvalue weighted by atomic mass is 10.2. The molecule has 5 nitrogen and oxygen atoms in total. The van der Waals surface area contributed by atoms with Crippen LogP contribution in [0.25, 0.3) is 22.6 Å². The van der Waals surface area contributed by atoms with Gasteiger partial charge < -0.3 is 14.5 Å². The Bertz CT molecular complexity index is 1110. The molecular weight excluding hydrogens is 359 g/mol. The highest BCUT2D eigenvalue weighted by molar-refractivity contribution is 5.95. The number of fused-ring (bicyclic) bond motifs is 1. The fraction of sp³-hybridized carbons (Fsp3) is 0.0909. The van der Waals surface area contributed by atoms with E-state index in [1.165, 1.54) is 12.1 Å². The Morgan fingerprint density at radius 3 is 2.57 bits per heavy atom. The number of benzene rings is 3. The summed E-state index contributed by atoms with van der Waals surface area (Å²) in [7, 11) is 0. The van der Waals surface area contributed by atoms with Crippen molar-refractivity contribution < 1.29 is 18.3 Å². The molecule has 3 aromatic carbocycles. The first-order chi connectivity index (χ1) is 13.6. The van der Waals surface area contributed by atoms with Gasteiger partial charge in [0.05, 0.1) is 0 Å². The van der Waals surface area contributed by atoms with Gasteiger partial charge in [0.1, 0.15) is 17.1 Å². The van der Waals surface area contributed by atoms with Crippen LogP contribution >= 0.6 is 0 Å². The number of hydrogen-bond acceptors (Lipinski definition) is 4. The summed E-state index contributed by atoms with van der Waals surface area (Å²) in [6, 6.07) is 20.2. The maximum absolute atomic E-state index is 13.1. The van der Waals surface area contributed by atoms with Gasteiger partial charge in [-0.15, -0.1) is 0 Å². The molecule has 0 aliphatic rings. The molecule has 0 bridgehead atoms. The SMILES string of the molecule is C[C@@H](Oc1ccccc1)C(=O)Nc1ccc2oc(-c3ccc(F)cc3)nc2c1. The molecule has 0 saturated carbocycles. The van der Waals surface area contributed by atoms with Crippen molar-refractivity contribution in [2.45, 2.75) is 13.0 Å². The van der Waals surface area contributed by atoms with Gasteiger partial charge in [-0.3, -0.25) is 4.79 Å². The van der Waals surface area contributed by atoms with E-state index in [2.05, 4.69) is 10.3 Å². The molecule has 6 heteroatoms. The summed E-state index contributed by atoms with van der Waals surface area (Å²) in [6.45, 7) is 1.68. The number of anilines is 1. The van der Waals surface area contributed by atoms with E-state index in [0.717, 1.165) is 0 Å². The van der Waals surface area contributed by atoms with E-state index in [1.807, 2.05) is 18.2 Å². The molecule has 1 N–H and O–H groups in total. The van der Waals surface area contributed by atoms with Gasteiger partial charge in [-0.25, -0.2) is 9.37 Å². The molecular formula is C22H17FN2O3. The first kappa shape index (κ1) is 17.7. The number of oxazole rings is 1. The summed E-state index contributed by atoms with van der Waals surface area (Å²) in [5, 5.41) is 2.82. The summed E-state index contributed by atoms with van der Waals surface area (Å²) in [6.07, 6.45) is -0.662. The molecule has 1 amide bonds. The summed E-state index contributed by atoms with van der Waals surface area (Å²) in [5.41, 5.74) is 2.42. The Kier molecular flexibility index (Phi) is 4.76. The minimum Gasteiger partial charge on any atom is -0.481 e. The first-order valence-electron chi connectivity index (χ1n) is 8.77. The summed E-state index contributed by atoms with van der Waals surface area (Å²) < 4.78 is 24.4. The third-order valence-corrected chi connectivity index (χ3v) is 4.17. The predicted octanol–water partition coefficient (Wildman–Crippen LogP) is 5.04. The molecule has 140 valence electrons. The van der Waals surface area contributed by atoms with Crippen LogP contribution in [0.2, 0.25) is 0 Å². The molecule has 0 radical (unpaired) electrons. The fourth-order valence-corrected chi connectivity index (χ4v) is 2.72. The van der Waals surface area contributed by atoms with Gasteiger partial charge in [-0.05, 0) is 61.5 Å². The van der Waals surface area contributed by atoms with Crippen LogP contribution in [0.1, 0.15) is 6.92 Å². The molecule has 1 heterocycles. The average molecular weight is 376 g/mol. The molecule has 0 fully saturated rings. The third kappa shape index (κ3) is 3.86. The molecule has 0 spiro atoms. The second-order valence-electron chi connectivity index (χ2n) is 6.27. The zero-order valence-corrected chi connectivity index (χ0v) is 15.1. The predicted molar refractivity (Wildman–Crippen MR) is 105 cm³/mol. The van der Waals surface area contributed by atoms with Crippen LogP contribution in [0.3, 0.4) is 0 Å². The zero-order chi connectivity index (χ0) is 19.5. The van der Waals surface area contributed by atoms with Gasteiger partial charge >= 0.3 is 0 Å². The van der Waals surface area contributed by atoms with Gasteiger partial charge in [0, 0.05) is 11.3 Å². The number of aromatic nitrogens is 1. The second-order valence-corrected chi connectivity index (χ2v) is 6.27. The van der Waals surface area contributed by atoms with Gasteiger partial charge in [0.2, 0.25) is 5.89 Å². The largest absolute Gasteiger partial charge is 0.481 e. The Hall–Kier alpha value is -3.67. The van der Waals surface area contributed by atoms with Crippen LogP contribution in [-0.2, 0) is 4.79 Å². The van der Waals surface area contributed by atoms with Crippen molar-refractivity contribution in [2.75, 3.05) is 5.32 Å². The molecule has 1 aromatic heterocycles. The smallest absolute Gasteiger partial charge is 0.265 e. The lowest BCUT2D eigenvalue weighted by Gasteiger charge is -2.14. The molecule has 0 unspecified atom stereocenters. The van der Waals surface area contributed by atoms with E-state index in [4.69, 9.17) is 9.15 Å². The number of amides is 1. The third-order valence-electron chi connectivity index (χ3n) is 4.17. The highest BCUT2D eigenvalue weighted by Gasteiger charge is 2.16. The van der Waals surface area contributed by atoms with Crippen molar-refractivity contribution in [3.05, 3.63) is 78.6 Å². The average Bonchev–Trinajstić information content (AvgIpc) is 3.12. The fourth-order valence-electron chi connectivity index (χ4n) is 2.72. The van der Waals surface area contributed by atoms with E-state index >= 15 is 0 Å². The van der Waals surface area contributed by atoms with E-state index in [0.29, 0.717) is 34.0 Å². The Morgan fingerprint density at radius 1 is 1.07 bits per heavy atom. The Morgan fingerprint density at radius 2 is 1.82 bits per heavy atom. The molecule has 4 rings (SSSR count). The van der Waals surface area contributed by atoms with Gasteiger partial charge in [-0.2, -0.15) is 0 Å². The lowest BCUT2D eigenvalue weighted by Crippen LogP contribution is -2.30. The van der Waals surface area contributed by atoms with Crippen molar-refractivity contribution in [1.82, 2.24) is 4.98 Å². The van der Waals surface area contributed by atoms with E-state index in [9.17, 15) is 9.18 Å². The van der Waals surface area contributed by atoms with Gasteiger partial charge in [0.25, 0.3) is 5.91 Å². The quantitative estimate of drug-likeness (QED) is 0.530. The number of nitrogens with zero attached hydrogens (tertiary/aromatic N) is 1. The van der Waals surface area contributed by atoms with Crippen LogP contribution in [0.4, 0.5) is 10.1 Å². The molecule has 1 atom stereocenters. The van der Waals surface area contributed by atoms with Crippen molar-refractivity contribution in [1.29, 1.82) is 0 Å². The minimum atomic E-state index is -0.662. The number of para-hydroxylation sites is 1. The minimum absolute atomic E-state index is 0.273. The first-order valence-corrected chi connectivity index (χ1v) is 8.77. The monoisotopic (exact) mass is 376 g/mol. The van der Waals surface area contributed by atoms with Crippen LogP contribution in [0.15, 0.2) is 77.2 Å². The number of carbonyl (C=O) groups excluding carboxylic acids is 1. The maximum Gasteiger partial charge on any atom is 0.265 e. The molecule has 0 aliphatic heterocycles. The summed E-state index contributed by atoms with van der Waals surface area (Å²) in [4.78, 5) is 16.8. The van der Waals surface area contributed by atoms with E-state index in [1.54, 1.807) is 49.4 Å². The van der Waals surface area contributed by atoms with Crippen LogP contribution in [0.5, 0.6) is 5.75 Å². The number of hydrogen-bond donors (Lipinski definition) is 1. The van der Waals surface area contributed by atoms with Crippen LogP contribution in [0, 0.1) is 5.82 Å². The number of halogens is 1. The van der Waals surface area contributed by atoms with Crippen LogP contribution in [-0.4, -0.2) is 17.0 Å². The number of nitrogens with one attached hydrogen (secondary N) is 1. The van der Waals surface area contributed by atoms with Crippen LogP contribution < -0.4 is 10.1 Å². The standard InChI is InChI=1S/C22H17FN2O3/c1-14(27-18-5-3-2-4-6-18)21(26)24-17-11-12-20-19(13-17)25-22(28-20)15-7-9-16(23)10-8-15/h2-14H,1H3,(H,24,26)/t14-/m1/s1. The Balaban J connectivity index is 1.49. The van der Waals surface area contributed by atoms with Crippen molar-refractivity contribution in [3.8, 4) is 17.2 Å². The highest BCUT2D eigenvalue weighted by atomic mass is 19.1. The molecule has 0 saturated heterocycles. The molecule has 0 aliphatic carbocycles. The normalized spacial score (nSPS) is 11.9. The molecule has 4 aromatic rings. The second kappa shape index (κ2) is 7.52. The lowest BCUT2D eigenvalue weighted by molar-refractivity contribution is -0.122. The number of carbonyl (C=O) groups is 1. The van der Waals surface area contributed by atoms with Crippen molar-refractivity contribution >= 4 is 22.7 Å². The van der Waals surface area contributed by atoms with Crippen molar-refractivity contribution in [3.63, 3.8) is 0 Å². The van der Waals surface area contributed by atoms with Gasteiger partial charge in [-0.1, -0.05) is 18.2 Å². The maximum atomic E-state index is 13.1. The summed E-state index contributed by atoms with van der Waals surface area (Å²) in [5.74, 6) is 0.419. The zero-order valence-electron chi connectivity index (χ0n) is 15.1.